The molecule has 0 saturated heterocycles. The van der Waals surface area contributed by atoms with Gasteiger partial charge in [-0.3, -0.25) is 0 Å². The van der Waals surface area contributed by atoms with Crippen molar-refractivity contribution in [2.24, 2.45) is 0 Å². The first-order valence-electron chi connectivity index (χ1n) is 9.60. The van der Waals surface area contributed by atoms with Gasteiger partial charge in [0.25, 0.3) is 0 Å². The second kappa shape index (κ2) is 10.5. The van der Waals surface area contributed by atoms with Crippen LogP contribution in [0.5, 0.6) is 5.75 Å². The number of unbranched alkanes of at least 4 members (excludes halogenated alkanes) is 3. The number of carbonyl (C=O) groups excluding carboxylic acids is 2. The van der Waals surface area contributed by atoms with Crippen molar-refractivity contribution in [1.82, 2.24) is 0 Å². The van der Waals surface area contributed by atoms with E-state index in [4.69, 9.17) is 9.47 Å². The van der Waals surface area contributed by atoms with E-state index in [0.29, 0.717) is 29.4 Å². The summed E-state index contributed by atoms with van der Waals surface area (Å²) in [7, 11) is 0. The normalized spacial score (nSPS) is 10.7. The standard InChI is InChI=1S/C23H28O4/c1-4-5-6-7-15-26-22(24)19-9-8-10-20(16-19)23(25)27-21-13-11-18(12-14-21)17(2)3/h8-14,16-17H,4-7,15H2,1-3H3. The zero-order valence-electron chi connectivity index (χ0n) is 16.4. The minimum absolute atomic E-state index is 0.323. The molecule has 0 aliphatic rings. The third kappa shape index (κ3) is 6.55. The van der Waals surface area contributed by atoms with Crippen LogP contribution >= 0.6 is 0 Å². The molecule has 144 valence electrons. The summed E-state index contributed by atoms with van der Waals surface area (Å²) < 4.78 is 10.7. The van der Waals surface area contributed by atoms with E-state index < -0.39 is 11.9 Å². The molecule has 4 nitrogen and oxygen atoms in total. The van der Waals surface area contributed by atoms with E-state index in [1.54, 1.807) is 30.3 Å². The number of benzene rings is 2. The lowest BCUT2D eigenvalue weighted by Crippen LogP contribution is -2.11. The van der Waals surface area contributed by atoms with E-state index in [1.165, 1.54) is 11.6 Å². The lowest BCUT2D eigenvalue weighted by molar-refractivity contribution is 0.0498. The summed E-state index contributed by atoms with van der Waals surface area (Å²) in [6, 6.07) is 13.9. The largest absolute Gasteiger partial charge is 0.462 e. The zero-order chi connectivity index (χ0) is 19.6. The first-order chi connectivity index (χ1) is 13.0. The highest BCUT2D eigenvalue weighted by Gasteiger charge is 2.13. The summed E-state index contributed by atoms with van der Waals surface area (Å²) in [5.41, 5.74) is 1.86. The smallest absolute Gasteiger partial charge is 0.343 e. The van der Waals surface area contributed by atoms with Gasteiger partial charge in [-0.2, -0.15) is 0 Å². The Kier molecular flexibility index (Phi) is 8.05. The Bertz CT molecular complexity index is 747. The maximum atomic E-state index is 12.4. The van der Waals surface area contributed by atoms with Gasteiger partial charge in [0, 0.05) is 0 Å². The molecule has 2 rings (SSSR count). The first-order valence-corrected chi connectivity index (χ1v) is 9.60. The fraction of sp³-hybridized carbons (Fsp3) is 0.391. The third-order valence-corrected chi connectivity index (χ3v) is 4.32. The average Bonchev–Trinajstić information content (AvgIpc) is 2.68. The zero-order valence-corrected chi connectivity index (χ0v) is 16.4. The Balaban J connectivity index is 1.95. The molecule has 0 radical (unpaired) electrons. The Morgan fingerprint density at radius 3 is 2.19 bits per heavy atom. The molecule has 27 heavy (non-hydrogen) atoms. The maximum Gasteiger partial charge on any atom is 0.343 e. The molecule has 0 spiro atoms. The van der Waals surface area contributed by atoms with E-state index in [0.717, 1.165) is 25.7 Å². The topological polar surface area (TPSA) is 52.6 Å². The average molecular weight is 368 g/mol. The number of ether oxygens (including phenoxy) is 2. The van der Waals surface area contributed by atoms with Gasteiger partial charge in [0.1, 0.15) is 5.75 Å². The lowest BCUT2D eigenvalue weighted by atomic mass is 10.0. The minimum atomic E-state index is -0.495. The highest BCUT2D eigenvalue weighted by Crippen LogP contribution is 2.20. The summed E-state index contributed by atoms with van der Waals surface area (Å²) in [5.74, 6) is -0.0138. The van der Waals surface area contributed by atoms with Crippen molar-refractivity contribution >= 4 is 11.9 Å². The van der Waals surface area contributed by atoms with Crippen molar-refractivity contribution < 1.29 is 19.1 Å². The van der Waals surface area contributed by atoms with Crippen LogP contribution < -0.4 is 4.74 Å². The van der Waals surface area contributed by atoms with Crippen molar-refractivity contribution in [3.05, 3.63) is 65.2 Å². The van der Waals surface area contributed by atoms with Gasteiger partial charge in [-0.05, 0) is 48.2 Å². The molecule has 2 aromatic carbocycles. The fourth-order valence-electron chi connectivity index (χ4n) is 2.64. The Morgan fingerprint density at radius 2 is 1.56 bits per heavy atom. The molecule has 0 fully saturated rings. The monoisotopic (exact) mass is 368 g/mol. The van der Waals surface area contributed by atoms with Crippen LogP contribution in [0.2, 0.25) is 0 Å². The van der Waals surface area contributed by atoms with E-state index in [2.05, 4.69) is 20.8 Å². The van der Waals surface area contributed by atoms with Crippen LogP contribution in [0, 0.1) is 0 Å². The molecular formula is C23H28O4. The molecule has 0 amide bonds. The van der Waals surface area contributed by atoms with Crippen LogP contribution in [-0.2, 0) is 4.74 Å². The second-order valence-electron chi connectivity index (χ2n) is 6.89. The van der Waals surface area contributed by atoms with Gasteiger partial charge in [-0.25, -0.2) is 9.59 Å². The highest BCUT2D eigenvalue weighted by molar-refractivity contribution is 5.96. The first kappa shape index (κ1) is 20.7. The van der Waals surface area contributed by atoms with Gasteiger partial charge in [0.05, 0.1) is 17.7 Å². The molecule has 0 aromatic heterocycles. The second-order valence-corrected chi connectivity index (χ2v) is 6.89. The van der Waals surface area contributed by atoms with Crippen molar-refractivity contribution in [1.29, 1.82) is 0 Å². The number of hydrogen-bond donors (Lipinski definition) is 0. The van der Waals surface area contributed by atoms with Gasteiger partial charge in [0.15, 0.2) is 0 Å². The van der Waals surface area contributed by atoms with Crippen LogP contribution in [0.1, 0.15) is 78.7 Å². The molecule has 0 bridgehead atoms. The van der Waals surface area contributed by atoms with Crippen LogP contribution in [0.25, 0.3) is 0 Å². The molecule has 0 aliphatic heterocycles. The molecule has 0 N–H and O–H groups in total. The fourth-order valence-corrected chi connectivity index (χ4v) is 2.64. The summed E-state index contributed by atoms with van der Waals surface area (Å²) in [4.78, 5) is 24.5. The van der Waals surface area contributed by atoms with E-state index in [9.17, 15) is 9.59 Å². The predicted molar refractivity (Wildman–Crippen MR) is 106 cm³/mol. The Labute approximate surface area is 161 Å². The van der Waals surface area contributed by atoms with Gasteiger partial charge in [-0.1, -0.05) is 58.2 Å². The number of esters is 2. The van der Waals surface area contributed by atoms with Gasteiger partial charge >= 0.3 is 11.9 Å². The predicted octanol–water partition coefficient (Wildman–Crippen LogP) is 5.77. The van der Waals surface area contributed by atoms with Crippen molar-refractivity contribution in [2.45, 2.75) is 52.4 Å². The molecule has 2 aromatic rings. The quantitative estimate of drug-likeness (QED) is 0.320. The summed E-state index contributed by atoms with van der Waals surface area (Å²) in [5, 5.41) is 0. The third-order valence-electron chi connectivity index (χ3n) is 4.32. The molecule has 0 atom stereocenters. The molecule has 0 aliphatic carbocycles. The summed E-state index contributed by atoms with van der Waals surface area (Å²) in [6.45, 7) is 6.75. The van der Waals surface area contributed by atoms with Gasteiger partial charge in [0.2, 0.25) is 0 Å². The summed E-state index contributed by atoms with van der Waals surface area (Å²) >= 11 is 0. The molecule has 4 heteroatoms. The highest BCUT2D eigenvalue weighted by atomic mass is 16.5. The Morgan fingerprint density at radius 1 is 0.889 bits per heavy atom. The number of carbonyl (C=O) groups is 2. The minimum Gasteiger partial charge on any atom is -0.462 e. The van der Waals surface area contributed by atoms with Crippen LogP contribution in [-0.4, -0.2) is 18.5 Å². The summed E-state index contributed by atoms with van der Waals surface area (Å²) in [6.07, 6.45) is 4.18. The molecule has 0 saturated carbocycles. The molecule has 0 heterocycles. The lowest BCUT2D eigenvalue weighted by Gasteiger charge is -2.09. The van der Waals surface area contributed by atoms with Crippen molar-refractivity contribution in [3.63, 3.8) is 0 Å². The van der Waals surface area contributed by atoms with E-state index >= 15 is 0 Å². The van der Waals surface area contributed by atoms with Gasteiger partial charge < -0.3 is 9.47 Å². The van der Waals surface area contributed by atoms with Crippen molar-refractivity contribution in [2.75, 3.05) is 6.61 Å². The van der Waals surface area contributed by atoms with Gasteiger partial charge in [-0.15, -0.1) is 0 Å². The number of hydrogen-bond acceptors (Lipinski definition) is 4. The number of rotatable bonds is 9. The van der Waals surface area contributed by atoms with E-state index in [1.807, 2.05) is 12.1 Å². The Hall–Kier alpha value is -2.62. The van der Waals surface area contributed by atoms with Crippen molar-refractivity contribution in [3.8, 4) is 5.75 Å². The van der Waals surface area contributed by atoms with Crippen LogP contribution in [0.3, 0.4) is 0 Å². The SMILES string of the molecule is CCCCCCOC(=O)c1cccc(C(=O)Oc2ccc(C(C)C)cc2)c1. The van der Waals surface area contributed by atoms with Crippen LogP contribution in [0.4, 0.5) is 0 Å². The van der Waals surface area contributed by atoms with Crippen LogP contribution in [0.15, 0.2) is 48.5 Å². The molecule has 0 unspecified atom stereocenters. The maximum absolute atomic E-state index is 12.4. The van der Waals surface area contributed by atoms with E-state index in [-0.39, 0.29) is 0 Å². The molecular weight excluding hydrogens is 340 g/mol.